The van der Waals surface area contributed by atoms with Crippen LogP contribution in [-0.2, 0) is 13.1 Å². The van der Waals surface area contributed by atoms with E-state index in [4.69, 9.17) is 4.98 Å². The fourth-order valence-corrected chi connectivity index (χ4v) is 2.10. The molecule has 1 aromatic heterocycles. The number of para-hydroxylation sites is 2. The minimum absolute atomic E-state index is 0.633. The molecule has 3 heteroatoms. The van der Waals surface area contributed by atoms with E-state index in [2.05, 4.69) is 61.7 Å². The Morgan fingerprint density at radius 2 is 1.94 bits per heavy atom. The summed E-state index contributed by atoms with van der Waals surface area (Å²) >= 11 is 0. The first kappa shape index (κ1) is 12.1. The SMILES string of the molecule is CC(C)Cn1c(CN(C)C)nc2ccccc21. The zero-order chi connectivity index (χ0) is 12.4. The highest BCUT2D eigenvalue weighted by Gasteiger charge is 2.11. The lowest BCUT2D eigenvalue weighted by atomic mass is 10.2. The van der Waals surface area contributed by atoms with E-state index >= 15 is 0 Å². The van der Waals surface area contributed by atoms with E-state index in [9.17, 15) is 0 Å². The van der Waals surface area contributed by atoms with Crippen molar-refractivity contribution in [3.05, 3.63) is 30.1 Å². The predicted octanol–water partition coefficient (Wildman–Crippen LogP) is 2.75. The van der Waals surface area contributed by atoms with Crippen molar-refractivity contribution in [3.63, 3.8) is 0 Å². The number of benzene rings is 1. The molecule has 1 heterocycles. The first-order chi connectivity index (χ1) is 8.08. The zero-order valence-corrected chi connectivity index (χ0v) is 11.1. The highest BCUT2D eigenvalue weighted by Crippen LogP contribution is 2.18. The molecule has 0 bridgehead atoms. The zero-order valence-electron chi connectivity index (χ0n) is 11.1. The second kappa shape index (κ2) is 4.88. The van der Waals surface area contributed by atoms with Crippen LogP contribution in [0.1, 0.15) is 19.7 Å². The molecule has 3 nitrogen and oxygen atoms in total. The quantitative estimate of drug-likeness (QED) is 0.806. The van der Waals surface area contributed by atoms with Gasteiger partial charge in [0.1, 0.15) is 5.82 Å². The van der Waals surface area contributed by atoms with Crippen LogP contribution < -0.4 is 0 Å². The predicted molar refractivity (Wildman–Crippen MR) is 72.0 cm³/mol. The molecule has 0 radical (unpaired) electrons. The van der Waals surface area contributed by atoms with E-state index in [-0.39, 0.29) is 0 Å². The van der Waals surface area contributed by atoms with E-state index < -0.39 is 0 Å². The topological polar surface area (TPSA) is 21.1 Å². The van der Waals surface area contributed by atoms with E-state index in [1.165, 1.54) is 5.52 Å². The third-order valence-corrected chi connectivity index (χ3v) is 2.74. The molecule has 0 spiro atoms. The maximum atomic E-state index is 4.73. The smallest absolute Gasteiger partial charge is 0.124 e. The molecule has 0 N–H and O–H groups in total. The maximum absolute atomic E-state index is 4.73. The molecule has 0 saturated carbocycles. The molecule has 0 fully saturated rings. The van der Waals surface area contributed by atoms with Crippen LogP contribution in [0, 0.1) is 5.92 Å². The number of aromatic nitrogens is 2. The summed E-state index contributed by atoms with van der Waals surface area (Å²) in [6, 6.07) is 8.38. The molecule has 0 saturated heterocycles. The van der Waals surface area contributed by atoms with E-state index in [1.807, 2.05) is 0 Å². The number of nitrogens with zero attached hydrogens (tertiary/aromatic N) is 3. The van der Waals surface area contributed by atoms with Crippen molar-refractivity contribution in [2.45, 2.75) is 26.9 Å². The first-order valence-electron chi connectivity index (χ1n) is 6.17. The monoisotopic (exact) mass is 231 g/mol. The average Bonchev–Trinajstić information content (AvgIpc) is 2.55. The lowest BCUT2D eigenvalue weighted by Gasteiger charge is -2.14. The van der Waals surface area contributed by atoms with Gasteiger partial charge in [-0.25, -0.2) is 4.98 Å². The highest BCUT2D eigenvalue weighted by atomic mass is 15.2. The van der Waals surface area contributed by atoms with Crippen molar-refractivity contribution < 1.29 is 0 Å². The molecule has 0 aliphatic heterocycles. The fraction of sp³-hybridized carbons (Fsp3) is 0.500. The van der Waals surface area contributed by atoms with Gasteiger partial charge in [-0.15, -0.1) is 0 Å². The summed E-state index contributed by atoms with van der Waals surface area (Å²) in [4.78, 5) is 6.89. The van der Waals surface area contributed by atoms with Gasteiger partial charge in [0.05, 0.1) is 17.6 Å². The molecular formula is C14H21N3. The summed E-state index contributed by atoms with van der Waals surface area (Å²) < 4.78 is 2.35. The van der Waals surface area contributed by atoms with Crippen LogP contribution in [0.15, 0.2) is 24.3 Å². The van der Waals surface area contributed by atoms with Crippen LogP contribution in [0.3, 0.4) is 0 Å². The first-order valence-corrected chi connectivity index (χ1v) is 6.17. The Hall–Kier alpha value is -1.35. The second-order valence-electron chi connectivity index (χ2n) is 5.26. The molecule has 0 unspecified atom stereocenters. The summed E-state index contributed by atoms with van der Waals surface area (Å²) in [5.74, 6) is 1.79. The van der Waals surface area contributed by atoms with Crippen molar-refractivity contribution in [3.8, 4) is 0 Å². The van der Waals surface area contributed by atoms with Crippen LogP contribution in [-0.4, -0.2) is 28.5 Å². The van der Waals surface area contributed by atoms with E-state index in [0.29, 0.717) is 5.92 Å². The van der Waals surface area contributed by atoms with Gasteiger partial charge in [0, 0.05) is 6.54 Å². The van der Waals surface area contributed by atoms with Crippen molar-refractivity contribution in [1.82, 2.24) is 14.5 Å². The Morgan fingerprint density at radius 3 is 2.59 bits per heavy atom. The van der Waals surface area contributed by atoms with Gasteiger partial charge in [-0.05, 0) is 32.1 Å². The van der Waals surface area contributed by atoms with Crippen LogP contribution in [0.5, 0.6) is 0 Å². The van der Waals surface area contributed by atoms with Crippen LogP contribution in [0.4, 0.5) is 0 Å². The summed E-state index contributed by atoms with van der Waals surface area (Å²) in [5.41, 5.74) is 2.35. The molecule has 2 rings (SSSR count). The van der Waals surface area contributed by atoms with Gasteiger partial charge >= 0.3 is 0 Å². The van der Waals surface area contributed by atoms with E-state index in [1.54, 1.807) is 0 Å². The third-order valence-electron chi connectivity index (χ3n) is 2.74. The van der Waals surface area contributed by atoms with Crippen molar-refractivity contribution in [1.29, 1.82) is 0 Å². The number of hydrogen-bond donors (Lipinski definition) is 0. The van der Waals surface area contributed by atoms with Gasteiger partial charge in [0.25, 0.3) is 0 Å². The van der Waals surface area contributed by atoms with Gasteiger partial charge in [0.2, 0.25) is 0 Å². The third kappa shape index (κ3) is 2.67. The lowest BCUT2D eigenvalue weighted by molar-refractivity contribution is 0.375. The van der Waals surface area contributed by atoms with E-state index in [0.717, 1.165) is 24.4 Å². The van der Waals surface area contributed by atoms with Gasteiger partial charge in [0.15, 0.2) is 0 Å². The lowest BCUT2D eigenvalue weighted by Crippen LogP contribution is -2.17. The minimum Gasteiger partial charge on any atom is -0.327 e. The van der Waals surface area contributed by atoms with Gasteiger partial charge in [-0.1, -0.05) is 26.0 Å². The summed E-state index contributed by atoms with van der Waals surface area (Å²) in [5, 5.41) is 0. The van der Waals surface area contributed by atoms with Crippen molar-refractivity contribution in [2.24, 2.45) is 5.92 Å². The summed E-state index contributed by atoms with van der Waals surface area (Å²) in [7, 11) is 4.16. The van der Waals surface area contributed by atoms with Gasteiger partial charge in [-0.3, -0.25) is 0 Å². The minimum atomic E-state index is 0.633. The highest BCUT2D eigenvalue weighted by molar-refractivity contribution is 5.75. The van der Waals surface area contributed by atoms with Crippen LogP contribution in [0.25, 0.3) is 11.0 Å². The maximum Gasteiger partial charge on any atom is 0.124 e. The normalized spacial score (nSPS) is 11.9. The molecule has 17 heavy (non-hydrogen) atoms. The Morgan fingerprint density at radius 1 is 1.24 bits per heavy atom. The Kier molecular flexibility index (Phi) is 3.48. The van der Waals surface area contributed by atoms with Crippen LogP contribution >= 0.6 is 0 Å². The largest absolute Gasteiger partial charge is 0.327 e. The fourth-order valence-electron chi connectivity index (χ4n) is 2.10. The van der Waals surface area contributed by atoms with Crippen molar-refractivity contribution >= 4 is 11.0 Å². The molecule has 2 aromatic rings. The Labute approximate surface area is 103 Å². The van der Waals surface area contributed by atoms with Crippen LogP contribution in [0.2, 0.25) is 0 Å². The molecule has 92 valence electrons. The number of imidazole rings is 1. The number of rotatable bonds is 4. The second-order valence-corrected chi connectivity index (χ2v) is 5.26. The number of hydrogen-bond acceptors (Lipinski definition) is 2. The molecule has 0 aliphatic rings. The van der Waals surface area contributed by atoms with Gasteiger partial charge in [-0.2, -0.15) is 0 Å². The van der Waals surface area contributed by atoms with Crippen molar-refractivity contribution in [2.75, 3.05) is 14.1 Å². The standard InChI is InChI=1S/C14H21N3/c1-11(2)9-17-13-8-6-5-7-12(13)15-14(17)10-16(3)4/h5-8,11H,9-10H2,1-4H3. The summed E-state index contributed by atoms with van der Waals surface area (Å²) in [6.45, 7) is 6.41. The average molecular weight is 231 g/mol. The molecular weight excluding hydrogens is 210 g/mol. The van der Waals surface area contributed by atoms with Gasteiger partial charge < -0.3 is 9.47 Å². The number of fused-ring (bicyclic) bond motifs is 1. The Balaban J connectivity index is 2.48. The molecule has 0 aliphatic carbocycles. The molecule has 0 amide bonds. The summed E-state index contributed by atoms with van der Waals surface area (Å²) in [6.07, 6.45) is 0. The molecule has 0 atom stereocenters. The Bertz CT molecular complexity index is 497. The molecule has 1 aromatic carbocycles.